The second-order valence-electron chi connectivity index (χ2n) is 7.47. The fraction of sp³-hybridized carbons (Fsp3) is 0.0385. The second kappa shape index (κ2) is 8.80. The summed E-state index contributed by atoms with van der Waals surface area (Å²) < 4.78 is 7.30. The van der Waals surface area contributed by atoms with Crippen molar-refractivity contribution in [2.45, 2.75) is 6.92 Å². The fourth-order valence-corrected chi connectivity index (χ4v) is 3.81. The number of hydrogen-bond acceptors (Lipinski definition) is 5. The number of amides is 1. The van der Waals surface area contributed by atoms with E-state index in [9.17, 15) is 4.79 Å². The predicted octanol–water partition coefficient (Wildman–Crippen LogP) is 6.14. The van der Waals surface area contributed by atoms with Crippen LogP contribution in [0, 0.1) is 6.92 Å². The first-order chi connectivity index (χ1) is 16.1. The summed E-state index contributed by atoms with van der Waals surface area (Å²) in [5.41, 5.74) is 3.29. The van der Waals surface area contributed by atoms with Gasteiger partial charge in [0.2, 0.25) is 0 Å². The number of aromatic nitrogens is 3. The van der Waals surface area contributed by atoms with Gasteiger partial charge in [-0.15, -0.1) is 0 Å². The van der Waals surface area contributed by atoms with Crippen LogP contribution in [-0.4, -0.2) is 19.8 Å². The zero-order valence-corrected chi connectivity index (χ0v) is 18.7. The maximum atomic E-state index is 13.0. The molecule has 6 nitrogen and oxygen atoms in total. The number of thiol groups is 1. The highest BCUT2D eigenvalue weighted by molar-refractivity contribution is 7.78. The van der Waals surface area contributed by atoms with Crippen molar-refractivity contribution in [3.63, 3.8) is 0 Å². The summed E-state index contributed by atoms with van der Waals surface area (Å²) in [5, 5.41) is 3.68. The smallest absolute Gasteiger partial charge is 0.273 e. The highest BCUT2D eigenvalue weighted by Gasteiger charge is 2.18. The molecule has 0 saturated heterocycles. The van der Waals surface area contributed by atoms with Gasteiger partial charge in [-0.1, -0.05) is 61.3 Å². The van der Waals surface area contributed by atoms with Gasteiger partial charge in [-0.3, -0.25) is 8.77 Å². The predicted molar refractivity (Wildman–Crippen MR) is 133 cm³/mol. The molecule has 0 radical (unpaired) electrons. The molecule has 1 amide bonds. The number of nitrogens with zero attached hydrogens (tertiary/aromatic N) is 3. The standard InChI is InChI=1S/C26H20N4O2S/c1-17-22-16-23(30(33)25(22)29-24(27-17)18-8-4-2-5-9-18)26(31)28-19-12-14-21(15-13-19)32-20-10-6-3-7-11-20/h2-16,33H,1H3,(H,28,31). The van der Waals surface area contributed by atoms with Crippen molar-refractivity contribution in [2.75, 3.05) is 5.32 Å². The van der Waals surface area contributed by atoms with Crippen LogP contribution < -0.4 is 10.1 Å². The number of hydrogen-bond donors (Lipinski definition) is 2. The summed E-state index contributed by atoms with van der Waals surface area (Å²) in [6.45, 7) is 1.90. The number of carbonyl (C=O) groups is 1. The van der Waals surface area contributed by atoms with Gasteiger partial charge < -0.3 is 10.1 Å². The van der Waals surface area contributed by atoms with E-state index in [0.717, 1.165) is 22.4 Å². The Morgan fingerprint density at radius 3 is 2.21 bits per heavy atom. The van der Waals surface area contributed by atoms with Crippen molar-refractivity contribution >= 4 is 35.4 Å². The van der Waals surface area contributed by atoms with Crippen molar-refractivity contribution in [3.05, 3.63) is 102 Å². The maximum Gasteiger partial charge on any atom is 0.273 e. The minimum Gasteiger partial charge on any atom is -0.457 e. The van der Waals surface area contributed by atoms with Crippen LogP contribution in [0.2, 0.25) is 0 Å². The van der Waals surface area contributed by atoms with Crippen LogP contribution in [0.3, 0.4) is 0 Å². The number of carbonyl (C=O) groups excluding carboxylic acids is 1. The van der Waals surface area contributed by atoms with Crippen molar-refractivity contribution < 1.29 is 9.53 Å². The third kappa shape index (κ3) is 4.31. The lowest BCUT2D eigenvalue weighted by Gasteiger charge is -2.08. The molecule has 0 aliphatic carbocycles. The first kappa shape index (κ1) is 20.8. The molecule has 0 aliphatic heterocycles. The lowest BCUT2D eigenvalue weighted by atomic mass is 10.2. The quantitative estimate of drug-likeness (QED) is 0.314. The molecule has 0 saturated carbocycles. The summed E-state index contributed by atoms with van der Waals surface area (Å²) in [5.74, 6) is 1.73. The van der Waals surface area contributed by atoms with E-state index in [1.54, 1.807) is 30.3 Å². The van der Waals surface area contributed by atoms with Gasteiger partial charge in [-0.2, -0.15) is 0 Å². The minimum absolute atomic E-state index is 0.291. The van der Waals surface area contributed by atoms with Gasteiger partial charge >= 0.3 is 0 Å². The number of anilines is 1. The van der Waals surface area contributed by atoms with E-state index in [2.05, 4.69) is 28.1 Å². The zero-order valence-electron chi connectivity index (χ0n) is 17.8. The average molecular weight is 453 g/mol. The summed E-state index contributed by atoms with van der Waals surface area (Å²) in [4.78, 5) is 22.2. The van der Waals surface area contributed by atoms with E-state index in [4.69, 9.17) is 4.74 Å². The molecule has 5 rings (SSSR count). The van der Waals surface area contributed by atoms with Crippen molar-refractivity contribution in [1.82, 2.24) is 13.9 Å². The van der Waals surface area contributed by atoms with Gasteiger partial charge in [-0.05, 0) is 49.4 Å². The number of benzene rings is 3. The monoisotopic (exact) mass is 452 g/mol. The topological polar surface area (TPSA) is 69.0 Å². The lowest BCUT2D eigenvalue weighted by molar-refractivity contribution is 0.102. The van der Waals surface area contributed by atoms with Crippen LogP contribution in [0.25, 0.3) is 22.4 Å². The fourth-order valence-electron chi connectivity index (χ4n) is 3.51. The number of rotatable bonds is 5. The van der Waals surface area contributed by atoms with E-state index in [0.29, 0.717) is 28.6 Å². The van der Waals surface area contributed by atoms with Gasteiger partial charge in [0.15, 0.2) is 11.5 Å². The molecule has 0 aliphatic rings. The normalized spacial score (nSPS) is 10.8. The molecular weight excluding hydrogens is 432 g/mol. The van der Waals surface area contributed by atoms with Crippen molar-refractivity contribution in [1.29, 1.82) is 0 Å². The Kier molecular flexibility index (Phi) is 5.54. The molecule has 0 spiro atoms. The summed E-state index contributed by atoms with van der Waals surface area (Å²) >= 11 is 4.55. The summed E-state index contributed by atoms with van der Waals surface area (Å²) in [6.07, 6.45) is 0. The van der Waals surface area contributed by atoms with Gasteiger partial charge in [0.25, 0.3) is 5.91 Å². The second-order valence-corrected chi connectivity index (χ2v) is 7.87. The van der Waals surface area contributed by atoms with Crippen LogP contribution >= 0.6 is 12.8 Å². The van der Waals surface area contributed by atoms with Crippen LogP contribution in [0.4, 0.5) is 5.69 Å². The number of aryl methyl sites for hydroxylation is 1. The van der Waals surface area contributed by atoms with Gasteiger partial charge in [-0.25, -0.2) is 9.97 Å². The first-order valence-corrected chi connectivity index (χ1v) is 10.8. The molecule has 162 valence electrons. The Morgan fingerprint density at radius 1 is 0.879 bits per heavy atom. The molecule has 2 heterocycles. The number of para-hydroxylation sites is 1. The van der Waals surface area contributed by atoms with Crippen molar-refractivity contribution in [2.24, 2.45) is 0 Å². The third-order valence-corrected chi connectivity index (χ3v) is 5.59. The molecule has 7 heteroatoms. The third-order valence-electron chi connectivity index (χ3n) is 5.18. The Bertz CT molecular complexity index is 1430. The van der Waals surface area contributed by atoms with Crippen LogP contribution in [0.15, 0.2) is 91.0 Å². The molecule has 0 fully saturated rings. The SMILES string of the molecule is Cc1nc(-c2ccccc2)nc2c1cc(C(=O)Nc1ccc(Oc3ccccc3)cc1)n2S. The molecule has 2 aromatic heterocycles. The number of nitrogens with one attached hydrogen (secondary N) is 1. The Labute approximate surface area is 196 Å². The highest BCUT2D eigenvalue weighted by Crippen LogP contribution is 2.27. The van der Waals surface area contributed by atoms with E-state index in [-0.39, 0.29) is 5.91 Å². The van der Waals surface area contributed by atoms with E-state index < -0.39 is 0 Å². The first-order valence-electron chi connectivity index (χ1n) is 10.4. The van der Waals surface area contributed by atoms with E-state index in [1.165, 1.54) is 3.97 Å². The number of ether oxygens (including phenoxy) is 1. The van der Waals surface area contributed by atoms with Crippen LogP contribution in [0.5, 0.6) is 11.5 Å². The van der Waals surface area contributed by atoms with Crippen LogP contribution in [-0.2, 0) is 0 Å². The highest BCUT2D eigenvalue weighted by atomic mass is 32.1. The molecule has 3 aromatic carbocycles. The molecule has 1 N–H and O–H groups in total. The van der Waals surface area contributed by atoms with E-state index in [1.807, 2.05) is 67.6 Å². The Balaban J connectivity index is 1.38. The molecule has 0 bridgehead atoms. The maximum absolute atomic E-state index is 13.0. The minimum atomic E-state index is -0.291. The summed E-state index contributed by atoms with van der Waals surface area (Å²) in [7, 11) is 0. The molecule has 0 unspecified atom stereocenters. The average Bonchev–Trinajstić information content (AvgIpc) is 3.19. The molecule has 33 heavy (non-hydrogen) atoms. The lowest BCUT2D eigenvalue weighted by Crippen LogP contribution is -2.14. The molecule has 5 aromatic rings. The number of fused-ring (bicyclic) bond motifs is 1. The van der Waals surface area contributed by atoms with Gasteiger partial charge in [0.05, 0.1) is 5.69 Å². The largest absolute Gasteiger partial charge is 0.457 e. The van der Waals surface area contributed by atoms with Gasteiger partial charge in [0.1, 0.15) is 17.2 Å². The van der Waals surface area contributed by atoms with Crippen molar-refractivity contribution in [3.8, 4) is 22.9 Å². The molecule has 0 atom stereocenters. The van der Waals surface area contributed by atoms with E-state index >= 15 is 0 Å². The van der Waals surface area contributed by atoms with Gasteiger partial charge in [0, 0.05) is 16.6 Å². The molecular formula is C26H20N4O2S. The summed E-state index contributed by atoms with van der Waals surface area (Å²) in [6, 6.07) is 28.2. The zero-order chi connectivity index (χ0) is 22.8. The Hall–Kier alpha value is -4.10. The Morgan fingerprint density at radius 2 is 1.52 bits per heavy atom. The van der Waals surface area contributed by atoms with Crippen LogP contribution in [0.1, 0.15) is 16.2 Å².